The van der Waals surface area contributed by atoms with Crippen molar-refractivity contribution in [1.82, 2.24) is 14.5 Å². The minimum atomic E-state index is 0.969. The van der Waals surface area contributed by atoms with Crippen LogP contribution in [0.25, 0.3) is 0 Å². The molecule has 1 N–H and O–H groups in total. The molecule has 0 radical (unpaired) electrons. The van der Waals surface area contributed by atoms with Crippen molar-refractivity contribution in [1.29, 1.82) is 0 Å². The van der Waals surface area contributed by atoms with Crippen LogP contribution in [0.2, 0.25) is 0 Å². The van der Waals surface area contributed by atoms with E-state index in [0.717, 1.165) is 37.7 Å². The van der Waals surface area contributed by atoms with Crippen molar-refractivity contribution < 1.29 is 0 Å². The summed E-state index contributed by atoms with van der Waals surface area (Å²) in [7, 11) is 4.19. The lowest BCUT2D eigenvalue weighted by Gasteiger charge is -2.10. The molecule has 1 heterocycles. The number of anilines is 1. The third kappa shape index (κ3) is 3.91. The van der Waals surface area contributed by atoms with Gasteiger partial charge in [0.05, 0.1) is 5.69 Å². The molecule has 0 aliphatic rings. The van der Waals surface area contributed by atoms with Gasteiger partial charge in [0, 0.05) is 19.3 Å². The summed E-state index contributed by atoms with van der Waals surface area (Å²) in [6.07, 6.45) is 3.22. The summed E-state index contributed by atoms with van der Waals surface area (Å²) < 4.78 is 2.14. The van der Waals surface area contributed by atoms with E-state index in [0.29, 0.717) is 0 Å². The number of aryl methyl sites for hydroxylation is 2. The molecule has 15 heavy (non-hydrogen) atoms. The summed E-state index contributed by atoms with van der Waals surface area (Å²) >= 11 is 0. The molecule has 1 rings (SSSR count). The Hall–Kier alpha value is -1.03. The molecule has 0 unspecified atom stereocenters. The van der Waals surface area contributed by atoms with E-state index in [4.69, 9.17) is 0 Å². The number of hydrogen-bond donors (Lipinski definition) is 1. The van der Waals surface area contributed by atoms with Gasteiger partial charge in [-0.05, 0) is 40.9 Å². The van der Waals surface area contributed by atoms with Gasteiger partial charge < -0.3 is 14.8 Å². The van der Waals surface area contributed by atoms with Crippen molar-refractivity contribution in [3.8, 4) is 0 Å². The van der Waals surface area contributed by atoms with Gasteiger partial charge in [0.2, 0.25) is 5.95 Å². The molecule has 0 aliphatic heterocycles. The van der Waals surface area contributed by atoms with Crippen LogP contribution in [0.4, 0.5) is 5.95 Å². The molecule has 1 aromatic heterocycles. The van der Waals surface area contributed by atoms with Crippen molar-refractivity contribution in [2.24, 2.45) is 0 Å². The van der Waals surface area contributed by atoms with Crippen LogP contribution in [-0.4, -0.2) is 41.6 Å². The van der Waals surface area contributed by atoms with E-state index in [1.807, 2.05) is 6.92 Å². The molecule has 4 heteroatoms. The van der Waals surface area contributed by atoms with Gasteiger partial charge in [-0.2, -0.15) is 0 Å². The zero-order chi connectivity index (χ0) is 11.3. The number of imidazole rings is 1. The quantitative estimate of drug-likeness (QED) is 0.724. The highest BCUT2D eigenvalue weighted by Crippen LogP contribution is 2.07. The van der Waals surface area contributed by atoms with Gasteiger partial charge in [-0.3, -0.25) is 0 Å². The van der Waals surface area contributed by atoms with Gasteiger partial charge in [0.25, 0.3) is 0 Å². The van der Waals surface area contributed by atoms with Gasteiger partial charge >= 0.3 is 0 Å². The molecule has 0 aromatic carbocycles. The van der Waals surface area contributed by atoms with Crippen molar-refractivity contribution in [2.45, 2.75) is 26.8 Å². The van der Waals surface area contributed by atoms with Gasteiger partial charge in [0.1, 0.15) is 0 Å². The van der Waals surface area contributed by atoms with Crippen LogP contribution in [-0.2, 0) is 6.54 Å². The largest absolute Gasteiger partial charge is 0.356 e. The fourth-order valence-corrected chi connectivity index (χ4v) is 1.52. The lowest BCUT2D eigenvalue weighted by molar-refractivity contribution is 0.405. The van der Waals surface area contributed by atoms with E-state index in [1.165, 1.54) is 0 Å². The van der Waals surface area contributed by atoms with E-state index in [9.17, 15) is 0 Å². The second-order valence-electron chi connectivity index (χ2n) is 4.08. The number of aromatic nitrogens is 2. The fourth-order valence-electron chi connectivity index (χ4n) is 1.52. The van der Waals surface area contributed by atoms with Crippen molar-refractivity contribution in [3.05, 3.63) is 11.9 Å². The number of nitrogens with one attached hydrogen (secondary N) is 1. The van der Waals surface area contributed by atoms with E-state index >= 15 is 0 Å². The van der Waals surface area contributed by atoms with Gasteiger partial charge in [-0.15, -0.1) is 0 Å². The Labute approximate surface area is 92.3 Å². The molecule has 0 amide bonds. The van der Waals surface area contributed by atoms with Crippen LogP contribution in [0.5, 0.6) is 0 Å². The fraction of sp³-hybridized carbons (Fsp3) is 0.727. The topological polar surface area (TPSA) is 33.1 Å². The maximum Gasteiger partial charge on any atom is 0.203 e. The molecule has 1 aromatic rings. The Morgan fingerprint density at radius 2 is 2.20 bits per heavy atom. The number of rotatable bonds is 6. The van der Waals surface area contributed by atoms with Crippen molar-refractivity contribution >= 4 is 5.95 Å². The molecule has 86 valence electrons. The van der Waals surface area contributed by atoms with E-state index in [1.54, 1.807) is 0 Å². The average Bonchev–Trinajstić information content (AvgIpc) is 2.53. The van der Waals surface area contributed by atoms with Gasteiger partial charge in [0.15, 0.2) is 0 Å². The highest BCUT2D eigenvalue weighted by molar-refractivity contribution is 5.28. The van der Waals surface area contributed by atoms with Gasteiger partial charge in [-0.1, -0.05) is 0 Å². The zero-order valence-corrected chi connectivity index (χ0v) is 10.2. The molecular formula is C11H22N4. The maximum atomic E-state index is 4.44. The zero-order valence-electron chi connectivity index (χ0n) is 10.2. The predicted octanol–water partition coefficient (Wildman–Crippen LogP) is 1.58. The first-order valence-electron chi connectivity index (χ1n) is 5.56. The molecular weight excluding hydrogens is 188 g/mol. The van der Waals surface area contributed by atoms with E-state index < -0.39 is 0 Å². The standard InChI is InChI=1S/C11H22N4/c1-5-15-9-10(2)13-11(15)12-7-6-8-14(3)4/h9H,5-8H2,1-4H3,(H,12,13). The first kappa shape index (κ1) is 12.0. The van der Waals surface area contributed by atoms with Crippen LogP contribution in [0.1, 0.15) is 19.0 Å². The Bertz CT molecular complexity index is 291. The lowest BCUT2D eigenvalue weighted by Crippen LogP contribution is -2.17. The molecule has 0 atom stereocenters. The SMILES string of the molecule is CCn1cc(C)nc1NCCCN(C)C. The van der Waals surface area contributed by atoms with Crippen molar-refractivity contribution in [2.75, 3.05) is 32.5 Å². The van der Waals surface area contributed by atoms with Crippen LogP contribution in [0.3, 0.4) is 0 Å². The summed E-state index contributed by atoms with van der Waals surface area (Å²) in [6.45, 7) is 7.22. The molecule has 0 aliphatic carbocycles. The molecule has 4 nitrogen and oxygen atoms in total. The normalized spacial score (nSPS) is 11.0. The Kier molecular flexibility index (Phi) is 4.62. The Balaban J connectivity index is 2.36. The van der Waals surface area contributed by atoms with E-state index in [-0.39, 0.29) is 0 Å². The molecule has 0 fully saturated rings. The van der Waals surface area contributed by atoms with Gasteiger partial charge in [-0.25, -0.2) is 4.98 Å². The summed E-state index contributed by atoms with van der Waals surface area (Å²) in [6, 6.07) is 0. The predicted molar refractivity (Wildman–Crippen MR) is 64.3 cm³/mol. The smallest absolute Gasteiger partial charge is 0.203 e. The highest BCUT2D eigenvalue weighted by Gasteiger charge is 2.02. The summed E-state index contributed by atoms with van der Waals surface area (Å²) in [4.78, 5) is 6.63. The van der Waals surface area contributed by atoms with Crippen LogP contribution in [0.15, 0.2) is 6.20 Å². The second kappa shape index (κ2) is 5.75. The monoisotopic (exact) mass is 210 g/mol. The third-order valence-electron chi connectivity index (χ3n) is 2.30. The average molecular weight is 210 g/mol. The van der Waals surface area contributed by atoms with Crippen LogP contribution < -0.4 is 5.32 Å². The first-order chi connectivity index (χ1) is 7.13. The summed E-state index contributed by atoms with van der Waals surface area (Å²) in [5, 5.41) is 3.37. The van der Waals surface area contributed by atoms with Crippen LogP contribution >= 0.6 is 0 Å². The van der Waals surface area contributed by atoms with Crippen LogP contribution in [0, 0.1) is 6.92 Å². The van der Waals surface area contributed by atoms with E-state index in [2.05, 4.69) is 47.0 Å². The molecule has 0 saturated carbocycles. The van der Waals surface area contributed by atoms with Crippen molar-refractivity contribution in [3.63, 3.8) is 0 Å². The summed E-state index contributed by atoms with van der Waals surface area (Å²) in [5.74, 6) is 0.994. The minimum Gasteiger partial charge on any atom is -0.356 e. The Morgan fingerprint density at radius 3 is 2.80 bits per heavy atom. The number of nitrogens with zero attached hydrogens (tertiary/aromatic N) is 3. The molecule has 0 bridgehead atoms. The Morgan fingerprint density at radius 1 is 1.47 bits per heavy atom. The highest BCUT2D eigenvalue weighted by atomic mass is 15.2. The number of hydrogen-bond acceptors (Lipinski definition) is 3. The lowest BCUT2D eigenvalue weighted by atomic mass is 10.4. The second-order valence-corrected chi connectivity index (χ2v) is 4.08. The maximum absolute atomic E-state index is 4.44. The first-order valence-corrected chi connectivity index (χ1v) is 5.56. The third-order valence-corrected chi connectivity index (χ3v) is 2.30. The molecule has 0 saturated heterocycles. The minimum absolute atomic E-state index is 0.969. The molecule has 0 spiro atoms. The summed E-state index contributed by atoms with van der Waals surface area (Å²) in [5.41, 5.74) is 1.08.